The number of hydrogen-bond donors (Lipinski definition) is 0. The van der Waals surface area contributed by atoms with Gasteiger partial charge in [0.25, 0.3) is 0 Å². The van der Waals surface area contributed by atoms with Crippen LogP contribution in [-0.2, 0) is 23.9 Å². The number of hydrogen-bond acceptors (Lipinski definition) is 5. The lowest BCUT2D eigenvalue weighted by Crippen LogP contribution is -2.21. The fraction of sp³-hybridized carbons (Fsp3) is 0.700. The van der Waals surface area contributed by atoms with Crippen LogP contribution in [0.25, 0.3) is 0 Å². The van der Waals surface area contributed by atoms with Crippen molar-refractivity contribution in [2.24, 2.45) is 0 Å². The van der Waals surface area contributed by atoms with E-state index in [0.717, 1.165) is 0 Å². The monoisotopic (exact) mass is 218 g/mol. The Morgan fingerprint density at radius 3 is 1.13 bits per heavy atom. The van der Waals surface area contributed by atoms with Crippen molar-refractivity contribution < 1.29 is 23.9 Å². The predicted octanol–water partition coefficient (Wildman–Crippen LogP) is 1.44. The van der Waals surface area contributed by atoms with Crippen molar-refractivity contribution in [1.82, 2.24) is 0 Å². The van der Waals surface area contributed by atoms with Gasteiger partial charge >= 0.3 is 17.9 Å². The van der Waals surface area contributed by atoms with E-state index < -0.39 is 11.9 Å². The second-order valence-electron chi connectivity index (χ2n) is 3.79. The van der Waals surface area contributed by atoms with E-state index in [2.05, 4.69) is 4.74 Å². The Bertz CT molecular complexity index is 225. The third kappa shape index (κ3) is 24.5. The molecule has 0 aromatic rings. The van der Waals surface area contributed by atoms with Crippen molar-refractivity contribution in [2.45, 2.75) is 47.1 Å². The van der Waals surface area contributed by atoms with Crippen LogP contribution in [0.15, 0.2) is 0 Å². The zero-order chi connectivity index (χ0) is 12.6. The minimum absolute atomic E-state index is 0.225. The summed E-state index contributed by atoms with van der Waals surface area (Å²) in [5.74, 6) is -1.35. The van der Waals surface area contributed by atoms with E-state index in [4.69, 9.17) is 4.74 Å². The summed E-state index contributed by atoms with van der Waals surface area (Å²) in [4.78, 5) is 29.9. The lowest BCUT2D eigenvalue weighted by atomic mass is 10.2. The third-order valence-corrected chi connectivity index (χ3v) is 0.737. The van der Waals surface area contributed by atoms with Crippen LogP contribution in [0.4, 0.5) is 0 Å². The minimum atomic E-state index is -0.562. The van der Waals surface area contributed by atoms with Gasteiger partial charge in [-0.05, 0) is 20.8 Å². The van der Waals surface area contributed by atoms with Gasteiger partial charge in [-0.3, -0.25) is 14.4 Å². The Balaban J connectivity index is 0. The van der Waals surface area contributed by atoms with E-state index in [1.165, 1.54) is 20.8 Å². The van der Waals surface area contributed by atoms with E-state index in [0.29, 0.717) is 0 Å². The fourth-order valence-electron chi connectivity index (χ4n) is 0.634. The van der Waals surface area contributed by atoms with Crippen LogP contribution in [0.1, 0.15) is 41.5 Å². The summed E-state index contributed by atoms with van der Waals surface area (Å²) in [5.41, 5.74) is -0.328. The van der Waals surface area contributed by atoms with Crippen LogP contribution in [0.2, 0.25) is 0 Å². The number of rotatable bonds is 0. The largest absolute Gasteiger partial charge is 0.460 e. The maximum Gasteiger partial charge on any atom is 0.310 e. The molecule has 0 spiro atoms. The molecular weight excluding hydrogens is 200 g/mol. The molecule has 0 aromatic heterocycles. The predicted molar refractivity (Wildman–Crippen MR) is 54.0 cm³/mol. The van der Waals surface area contributed by atoms with E-state index in [9.17, 15) is 14.4 Å². The Morgan fingerprint density at radius 2 is 1.13 bits per heavy atom. The van der Waals surface area contributed by atoms with E-state index in [1.54, 1.807) is 0 Å². The second kappa shape index (κ2) is 6.98. The van der Waals surface area contributed by atoms with Gasteiger partial charge in [0.1, 0.15) is 5.60 Å². The van der Waals surface area contributed by atoms with E-state index in [-0.39, 0.29) is 11.6 Å². The SMILES string of the molecule is CC(=O)OC(C)(C)C.CC(=O)OC(C)=O. The second-order valence-corrected chi connectivity index (χ2v) is 3.79. The first-order chi connectivity index (χ1) is 6.54. The highest BCUT2D eigenvalue weighted by Crippen LogP contribution is 2.05. The number of esters is 3. The topological polar surface area (TPSA) is 69.7 Å². The van der Waals surface area contributed by atoms with Gasteiger partial charge < -0.3 is 9.47 Å². The summed E-state index contributed by atoms with van der Waals surface area (Å²) in [6, 6.07) is 0. The van der Waals surface area contributed by atoms with Crippen LogP contribution in [0, 0.1) is 0 Å². The molecule has 5 heteroatoms. The van der Waals surface area contributed by atoms with Gasteiger partial charge in [-0.2, -0.15) is 0 Å². The highest BCUT2D eigenvalue weighted by molar-refractivity contribution is 5.82. The van der Waals surface area contributed by atoms with Crippen molar-refractivity contribution in [2.75, 3.05) is 0 Å². The summed E-state index contributed by atoms with van der Waals surface area (Å²) in [6.45, 7) is 9.30. The first-order valence-electron chi connectivity index (χ1n) is 4.43. The molecule has 0 aliphatic carbocycles. The minimum Gasteiger partial charge on any atom is -0.460 e. The molecule has 0 aromatic carbocycles. The Labute approximate surface area is 89.7 Å². The molecule has 0 saturated heterocycles. The van der Waals surface area contributed by atoms with Gasteiger partial charge in [-0.1, -0.05) is 0 Å². The first kappa shape index (κ1) is 16.1. The molecule has 0 N–H and O–H groups in total. The van der Waals surface area contributed by atoms with Gasteiger partial charge in [-0.25, -0.2) is 0 Å². The molecule has 0 aliphatic rings. The molecule has 0 unspecified atom stereocenters. The van der Waals surface area contributed by atoms with Crippen molar-refractivity contribution in [3.05, 3.63) is 0 Å². The molecule has 0 saturated carbocycles. The van der Waals surface area contributed by atoms with Gasteiger partial charge in [0.05, 0.1) is 0 Å². The highest BCUT2D eigenvalue weighted by Gasteiger charge is 2.11. The summed E-state index contributed by atoms with van der Waals surface area (Å²) in [7, 11) is 0. The van der Waals surface area contributed by atoms with Crippen molar-refractivity contribution in [3.63, 3.8) is 0 Å². The number of carbonyl (C=O) groups excluding carboxylic acids is 3. The lowest BCUT2D eigenvalue weighted by Gasteiger charge is -2.17. The molecule has 5 nitrogen and oxygen atoms in total. The molecular formula is C10H18O5. The quantitative estimate of drug-likeness (QED) is 0.454. The van der Waals surface area contributed by atoms with E-state index >= 15 is 0 Å². The lowest BCUT2D eigenvalue weighted by molar-refractivity contribution is -0.156. The molecule has 0 amide bonds. The Morgan fingerprint density at radius 1 is 0.800 bits per heavy atom. The molecule has 0 atom stereocenters. The average molecular weight is 218 g/mol. The maximum atomic E-state index is 10.2. The van der Waals surface area contributed by atoms with Crippen LogP contribution in [-0.4, -0.2) is 23.5 Å². The first-order valence-corrected chi connectivity index (χ1v) is 4.43. The molecule has 0 rings (SSSR count). The van der Waals surface area contributed by atoms with Gasteiger partial charge in [-0.15, -0.1) is 0 Å². The Kier molecular flexibility index (Phi) is 7.47. The highest BCUT2D eigenvalue weighted by atomic mass is 16.6. The third-order valence-electron chi connectivity index (χ3n) is 0.737. The van der Waals surface area contributed by atoms with Crippen LogP contribution in [0.5, 0.6) is 0 Å². The summed E-state index contributed by atoms with van der Waals surface area (Å²) < 4.78 is 8.77. The summed E-state index contributed by atoms with van der Waals surface area (Å²) >= 11 is 0. The van der Waals surface area contributed by atoms with Crippen molar-refractivity contribution >= 4 is 17.9 Å². The standard InChI is InChI=1S/C6H12O2.C4H6O3/c1-5(7)8-6(2,3)4;1-3(5)7-4(2)6/h1-4H3;1-2H3. The van der Waals surface area contributed by atoms with Gasteiger partial charge in [0.15, 0.2) is 0 Å². The zero-order valence-corrected chi connectivity index (χ0v) is 10.0. The Hall–Kier alpha value is -1.39. The molecule has 0 fully saturated rings. The molecule has 15 heavy (non-hydrogen) atoms. The smallest absolute Gasteiger partial charge is 0.310 e. The van der Waals surface area contributed by atoms with Gasteiger partial charge in [0, 0.05) is 20.8 Å². The van der Waals surface area contributed by atoms with Crippen LogP contribution < -0.4 is 0 Å². The van der Waals surface area contributed by atoms with Crippen molar-refractivity contribution in [3.8, 4) is 0 Å². The molecule has 0 radical (unpaired) electrons. The average Bonchev–Trinajstić information content (AvgIpc) is 1.76. The summed E-state index contributed by atoms with van der Waals surface area (Å²) in [5, 5.41) is 0. The van der Waals surface area contributed by atoms with Crippen LogP contribution in [0.3, 0.4) is 0 Å². The molecule has 88 valence electrons. The van der Waals surface area contributed by atoms with E-state index in [1.807, 2.05) is 20.8 Å². The molecule has 0 bridgehead atoms. The van der Waals surface area contributed by atoms with Gasteiger partial charge in [0.2, 0.25) is 0 Å². The van der Waals surface area contributed by atoms with Crippen molar-refractivity contribution in [1.29, 1.82) is 0 Å². The normalized spacial score (nSPS) is 9.47. The fourth-order valence-corrected chi connectivity index (χ4v) is 0.634. The van der Waals surface area contributed by atoms with Crippen LogP contribution >= 0.6 is 0 Å². The maximum absolute atomic E-state index is 10.2. The summed E-state index contributed by atoms with van der Waals surface area (Å²) in [6.07, 6.45) is 0. The number of ether oxygens (including phenoxy) is 2. The zero-order valence-electron chi connectivity index (χ0n) is 10.0. The number of carbonyl (C=O) groups is 3. The molecule has 0 aliphatic heterocycles. The molecule has 0 heterocycles.